The van der Waals surface area contributed by atoms with E-state index in [4.69, 9.17) is 30.2 Å². The Morgan fingerprint density at radius 3 is 2.19 bits per heavy atom. The Balaban J connectivity index is 1.34. The van der Waals surface area contributed by atoms with Crippen LogP contribution in [-0.4, -0.2) is 39.4 Å². The first-order valence-electron chi connectivity index (χ1n) is 13.7. The van der Waals surface area contributed by atoms with Crippen molar-refractivity contribution in [3.8, 4) is 34.0 Å². The smallest absolute Gasteiger partial charge is 0.410 e. The lowest BCUT2D eigenvalue weighted by Crippen LogP contribution is -2.39. The van der Waals surface area contributed by atoms with Gasteiger partial charge in [-0.25, -0.2) is 14.8 Å². The van der Waals surface area contributed by atoms with Crippen LogP contribution in [0, 0.1) is 13.8 Å². The summed E-state index contributed by atoms with van der Waals surface area (Å²) in [5.74, 6) is 1.75. The average Bonchev–Trinajstić information content (AvgIpc) is 3.57. The normalized spacial score (nSPS) is 13.3. The number of hydrogen-bond donors (Lipinski definition) is 0. The van der Waals surface area contributed by atoms with Crippen LogP contribution in [0.25, 0.3) is 45.1 Å². The van der Waals surface area contributed by atoms with Crippen molar-refractivity contribution in [1.29, 1.82) is 0 Å². The van der Waals surface area contributed by atoms with Crippen molar-refractivity contribution < 1.29 is 23.2 Å². The van der Waals surface area contributed by atoms with Crippen LogP contribution in [0.4, 0.5) is 4.79 Å². The van der Waals surface area contributed by atoms with Gasteiger partial charge in [0.05, 0.1) is 11.6 Å². The molecule has 0 atom stereocenters. The summed E-state index contributed by atoms with van der Waals surface area (Å²) in [6, 6.07) is 15.3. The number of rotatable bonds is 4. The van der Waals surface area contributed by atoms with Gasteiger partial charge in [0.25, 0.3) is 0 Å². The molecule has 0 bridgehead atoms. The SMILES string of the molecule is Cc1c(-c2nc3c(o2)CCN(C(=O)OC(C)(C)C)C3)cccc1-c1cccc(-c2nc3cc(C=O)cc(Cl)c3o2)c1C. The first kappa shape index (κ1) is 27.7. The average molecular weight is 584 g/mol. The molecule has 0 radical (unpaired) electrons. The largest absolute Gasteiger partial charge is 0.444 e. The fourth-order valence-corrected chi connectivity index (χ4v) is 5.57. The number of aromatic nitrogens is 2. The second-order valence-corrected chi connectivity index (χ2v) is 11.9. The Bertz CT molecular complexity index is 1860. The molecule has 2 aromatic heterocycles. The molecule has 1 aliphatic rings. The lowest BCUT2D eigenvalue weighted by molar-refractivity contribution is 0.0217. The molecule has 3 aromatic carbocycles. The van der Waals surface area contributed by atoms with Crippen molar-refractivity contribution in [2.24, 2.45) is 0 Å². The molecular weight excluding hydrogens is 554 g/mol. The Hall–Kier alpha value is -4.43. The third-order valence-electron chi connectivity index (χ3n) is 7.40. The summed E-state index contributed by atoms with van der Waals surface area (Å²) in [6.45, 7) is 10.5. The number of fused-ring (bicyclic) bond motifs is 2. The van der Waals surface area contributed by atoms with E-state index in [0.29, 0.717) is 53.0 Å². The van der Waals surface area contributed by atoms with E-state index in [1.165, 1.54) is 0 Å². The summed E-state index contributed by atoms with van der Waals surface area (Å²) in [6.07, 6.45) is 0.962. The van der Waals surface area contributed by atoms with Gasteiger partial charge in [0.2, 0.25) is 11.8 Å². The number of aldehydes is 1. The monoisotopic (exact) mass is 583 g/mol. The minimum absolute atomic E-state index is 0.341. The summed E-state index contributed by atoms with van der Waals surface area (Å²) in [7, 11) is 0. The van der Waals surface area contributed by atoms with Gasteiger partial charge in [0.1, 0.15) is 28.9 Å². The minimum Gasteiger partial charge on any atom is -0.444 e. The molecule has 0 saturated heterocycles. The molecular formula is C33H30ClN3O5. The summed E-state index contributed by atoms with van der Waals surface area (Å²) in [4.78, 5) is 35.0. The lowest BCUT2D eigenvalue weighted by atomic mass is 9.91. The standard InChI is InChI=1S/C33H30ClN3O5/c1-18-21(22-9-7-11-24(19(22)2)31-35-26-15-20(17-38)14-25(34)29(26)41-31)8-6-10-23(18)30-36-27-16-37(13-12-28(27)40-30)32(39)42-33(3,4)5/h6-11,14-15,17H,12-13,16H2,1-5H3. The molecule has 42 heavy (non-hydrogen) atoms. The second-order valence-electron chi connectivity index (χ2n) is 11.5. The summed E-state index contributed by atoms with van der Waals surface area (Å²) in [5.41, 5.74) is 7.33. The van der Waals surface area contributed by atoms with Crippen LogP contribution in [0.15, 0.2) is 57.4 Å². The van der Waals surface area contributed by atoms with E-state index in [1.807, 2.05) is 58.9 Å². The Labute approximate surface area is 248 Å². The summed E-state index contributed by atoms with van der Waals surface area (Å²) < 4.78 is 17.8. The maximum Gasteiger partial charge on any atom is 0.410 e. The molecule has 1 amide bonds. The Morgan fingerprint density at radius 1 is 0.952 bits per heavy atom. The summed E-state index contributed by atoms with van der Waals surface area (Å²) >= 11 is 6.36. The van der Waals surface area contributed by atoms with E-state index in [1.54, 1.807) is 17.0 Å². The Kier molecular flexibility index (Phi) is 6.89. The number of halogens is 1. The molecule has 0 aliphatic carbocycles. The van der Waals surface area contributed by atoms with Crippen LogP contribution < -0.4 is 0 Å². The predicted octanol–water partition coefficient (Wildman–Crippen LogP) is 8.19. The maximum absolute atomic E-state index is 12.6. The van der Waals surface area contributed by atoms with E-state index in [0.717, 1.165) is 51.1 Å². The highest BCUT2D eigenvalue weighted by atomic mass is 35.5. The molecule has 3 heterocycles. The van der Waals surface area contributed by atoms with Gasteiger partial charge >= 0.3 is 6.09 Å². The maximum atomic E-state index is 12.6. The molecule has 1 aliphatic heterocycles. The third-order valence-corrected chi connectivity index (χ3v) is 7.68. The summed E-state index contributed by atoms with van der Waals surface area (Å²) in [5, 5.41) is 0.341. The number of carbonyl (C=O) groups is 2. The van der Waals surface area contributed by atoms with Crippen LogP contribution in [0.2, 0.25) is 5.02 Å². The number of amides is 1. The van der Waals surface area contributed by atoms with Crippen LogP contribution in [0.1, 0.15) is 53.7 Å². The third kappa shape index (κ3) is 5.07. The number of carbonyl (C=O) groups excluding carboxylic acids is 2. The fraction of sp³-hybridized carbons (Fsp3) is 0.273. The highest BCUT2D eigenvalue weighted by Crippen LogP contribution is 2.38. The number of ether oxygens (including phenoxy) is 1. The number of oxazole rings is 2. The van der Waals surface area contributed by atoms with Crippen molar-refractivity contribution in [3.05, 3.63) is 81.7 Å². The topological polar surface area (TPSA) is 98.7 Å². The van der Waals surface area contributed by atoms with Gasteiger partial charge in [-0.1, -0.05) is 35.9 Å². The first-order valence-corrected chi connectivity index (χ1v) is 14.1. The van der Waals surface area contributed by atoms with Gasteiger partial charge in [-0.3, -0.25) is 4.79 Å². The molecule has 6 rings (SSSR count). The molecule has 0 spiro atoms. The van der Waals surface area contributed by atoms with Crippen molar-refractivity contribution >= 4 is 35.1 Å². The highest BCUT2D eigenvalue weighted by molar-refractivity contribution is 6.35. The van der Waals surface area contributed by atoms with Gasteiger partial charge in [-0.05, 0) is 81.1 Å². The fourth-order valence-electron chi connectivity index (χ4n) is 5.31. The number of benzene rings is 3. The van der Waals surface area contributed by atoms with E-state index >= 15 is 0 Å². The van der Waals surface area contributed by atoms with Crippen LogP contribution >= 0.6 is 11.6 Å². The second kappa shape index (κ2) is 10.4. The quantitative estimate of drug-likeness (QED) is 0.197. The van der Waals surface area contributed by atoms with Gasteiger partial charge in [-0.2, -0.15) is 0 Å². The molecule has 0 unspecified atom stereocenters. The zero-order chi connectivity index (χ0) is 29.8. The molecule has 214 valence electrons. The van der Waals surface area contributed by atoms with E-state index in [9.17, 15) is 9.59 Å². The molecule has 9 heteroatoms. The van der Waals surface area contributed by atoms with Gasteiger partial charge < -0.3 is 18.5 Å². The number of hydrogen-bond acceptors (Lipinski definition) is 7. The molecule has 8 nitrogen and oxygen atoms in total. The van der Waals surface area contributed by atoms with Crippen LogP contribution in [-0.2, 0) is 17.7 Å². The van der Waals surface area contributed by atoms with Crippen LogP contribution in [0.5, 0.6) is 0 Å². The van der Waals surface area contributed by atoms with Crippen molar-refractivity contribution in [3.63, 3.8) is 0 Å². The first-order chi connectivity index (χ1) is 20.0. The van der Waals surface area contributed by atoms with Crippen LogP contribution in [0.3, 0.4) is 0 Å². The molecule has 0 N–H and O–H groups in total. The Morgan fingerprint density at radius 2 is 1.57 bits per heavy atom. The number of nitrogens with zero attached hydrogens (tertiary/aromatic N) is 3. The predicted molar refractivity (Wildman–Crippen MR) is 161 cm³/mol. The van der Waals surface area contributed by atoms with Gasteiger partial charge in [-0.15, -0.1) is 0 Å². The van der Waals surface area contributed by atoms with Gasteiger partial charge in [0.15, 0.2) is 5.58 Å². The van der Waals surface area contributed by atoms with E-state index in [2.05, 4.69) is 17.1 Å². The van der Waals surface area contributed by atoms with E-state index in [-0.39, 0.29) is 6.09 Å². The zero-order valence-electron chi connectivity index (χ0n) is 24.1. The molecule has 0 saturated carbocycles. The molecule has 5 aromatic rings. The van der Waals surface area contributed by atoms with Crippen molar-refractivity contribution in [2.75, 3.05) is 6.54 Å². The highest BCUT2D eigenvalue weighted by Gasteiger charge is 2.29. The molecule has 0 fully saturated rings. The van der Waals surface area contributed by atoms with Gasteiger partial charge in [0, 0.05) is 29.7 Å². The minimum atomic E-state index is -0.563. The van der Waals surface area contributed by atoms with Crippen molar-refractivity contribution in [2.45, 2.75) is 53.2 Å². The zero-order valence-corrected chi connectivity index (χ0v) is 24.8. The lowest BCUT2D eigenvalue weighted by Gasteiger charge is -2.28. The van der Waals surface area contributed by atoms with E-state index < -0.39 is 5.60 Å². The van der Waals surface area contributed by atoms with Crippen molar-refractivity contribution in [1.82, 2.24) is 14.9 Å².